The molecule has 0 fully saturated rings. The van der Waals surface area contributed by atoms with E-state index in [1.165, 1.54) is 0 Å². The lowest BCUT2D eigenvalue weighted by atomic mass is 10.1. The first-order valence-corrected chi connectivity index (χ1v) is 9.83. The second-order valence-electron chi connectivity index (χ2n) is 6.64. The van der Waals surface area contributed by atoms with Gasteiger partial charge in [-0.3, -0.25) is 9.59 Å². The SMILES string of the molecule is O=C(CCCCCNC(=O)c1ccc(C(=O)NCCCCCC(=O)OO)cc1)OO. The van der Waals surface area contributed by atoms with Crippen LogP contribution in [0.1, 0.15) is 72.1 Å². The van der Waals surface area contributed by atoms with Gasteiger partial charge in [0, 0.05) is 37.1 Å². The zero-order chi connectivity index (χ0) is 22.2. The van der Waals surface area contributed by atoms with E-state index in [9.17, 15) is 19.2 Å². The van der Waals surface area contributed by atoms with E-state index in [2.05, 4.69) is 20.4 Å². The largest absolute Gasteiger partial charge is 0.352 e. The third kappa shape index (κ3) is 10.5. The molecule has 1 aromatic rings. The van der Waals surface area contributed by atoms with Crippen LogP contribution in [0.15, 0.2) is 24.3 Å². The molecule has 0 aromatic heterocycles. The van der Waals surface area contributed by atoms with Crippen molar-refractivity contribution in [1.29, 1.82) is 0 Å². The molecule has 0 aliphatic carbocycles. The molecule has 166 valence electrons. The Kier molecular flexibility index (Phi) is 12.5. The topological polar surface area (TPSA) is 151 Å². The number of unbranched alkanes of at least 4 members (excludes halogenated alkanes) is 4. The van der Waals surface area contributed by atoms with Crippen LogP contribution < -0.4 is 10.6 Å². The normalized spacial score (nSPS) is 10.2. The van der Waals surface area contributed by atoms with Gasteiger partial charge in [-0.1, -0.05) is 12.8 Å². The molecule has 0 bridgehead atoms. The third-order valence-corrected chi connectivity index (χ3v) is 4.30. The highest BCUT2D eigenvalue weighted by atomic mass is 17.1. The molecule has 0 saturated heterocycles. The lowest BCUT2D eigenvalue weighted by Crippen LogP contribution is -2.26. The number of hydrogen-bond acceptors (Lipinski definition) is 8. The smallest absolute Gasteiger partial charge is 0.342 e. The molecule has 0 spiro atoms. The maximum absolute atomic E-state index is 12.1. The fourth-order valence-electron chi connectivity index (χ4n) is 2.61. The molecule has 0 unspecified atom stereocenters. The molecule has 0 saturated carbocycles. The van der Waals surface area contributed by atoms with Gasteiger partial charge in [-0.15, -0.1) is 0 Å². The van der Waals surface area contributed by atoms with E-state index in [1.54, 1.807) is 24.3 Å². The summed E-state index contributed by atoms with van der Waals surface area (Å²) in [5, 5.41) is 21.8. The van der Waals surface area contributed by atoms with Crippen molar-refractivity contribution in [2.45, 2.75) is 51.4 Å². The van der Waals surface area contributed by atoms with E-state index in [0.717, 1.165) is 0 Å². The molecule has 1 aromatic carbocycles. The van der Waals surface area contributed by atoms with Crippen LogP contribution in [0.2, 0.25) is 0 Å². The molecule has 1 rings (SSSR count). The molecule has 0 radical (unpaired) electrons. The van der Waals surface area contributed by atoms with E-state index < -0.39 is 11.9 Å². The summed E-state index contributed by atoms with van der Waals surface area (Å²) in [5.74, 6) is -1.85. The fraction of sp³-hybridized carbons (Fsp3) is 0.500. The Morgan fingerprint density at radius 3 is 1.33 bits per heavy atom. The average molecular weight is 424 g/mol. The Morgan fingerprint density at radius 2 is 1.00 bits per heavy atom. The molecule has 0 atom stereocenters. The highest BCUT2D eigenvalue weighted by Gasteiger charge is 2.09. The summed E-state index contributed by atoms with van der Waals surface area (Å²) < 4.78 is 0. The van der Waals surface area contributed by atoms with Crippen LogP contribution >= 0.6 is 0 Å². The van der Waals surface area contributed by atoms with Crippen molar-refractivity contribution in [3.63, 3.8) is 0 Å². The Hall–Kier alpha value is -2.98. The van der Waals surface area contributed by atoms with Gasteiger partial charge in [0.25, 0.3) is 11.8 Å². The zero-order valence-corrected chi connectivity index (χ0v) is 16.7. The molecule has 10 heteroatoms. The van der Waals surface area contributed by atoms with Gasteiger partial charge < -0.3 is 20.4 Å². The number of carbonyl (C=O) groups excluding carboxylic acids is 4. The Labute approximate surface area is 174 Å². The number of amides is 2. The van der Waals surface area contributed by atoms with Crippen molar-refractivity contribution >= 4 is 23.8 Å². The molecule has 0 aliphatic heterocycles. The third-order valence-electron chi connectivity index (χ3n) is 4.30. The highest BCUT2D eigenvalue weighted by Crippen LogP contribution is 2.06. The lowest BCUT2D eigenvalue weighted by Gasteiger charge is -2.07. The van der Waals surface area contributed by atoms with E-state index in [4.69, 9.17) is 10.5 Å². The van der Waals surface area contributed by atoms with Crippen LogP contribution in [0, 0.1) is 0 Å². The van der Waals surface area contributed by atoms with Crippen molar-refractivity contribution < 1.29 is 39.5 Å². The number of hydrogen-bond donors (Lipinski definition) is 4. The Bertz CT molecular complexity index is 632. The van der Waals surface area contributed by atoms with E-state index in [1.807, 2.05) is 0 Å². The first-order chi connectivity index (χ1) is 14.5. The van der Waals surface area contributed by atoms with Crippen LogP contribution in [0.3, 0.4) is 0 Å². The van der Waals surface area contributed by atoms with E-state index >= 15 is 0 Å². The van der Waals surface area contributed by atoms with Gasteiger partial charge in [0.2, 0.25) is 0 Å². The zero-order valence-electron chi connectivity index (χ0n) is 16.7. The van der Waals surface area contributed by atoms with Gasteiger partial charge in [0.15, 0.2) is 0 Å². The second-order valence-corrected chi connectivity index (χ2v) is 6.64. The molecule has 4 N–H and O–H groups in total. The summed E-state index contributed by atoms with van der Waals surface area (Å²) in [5.41, 5.74) is 0.873. The number of rotatable bonds is 14. The van der Waals surface area contributed by atoms with Crippen molar-refractivity contribution in [3.05, 3.63) is 35.4 Å². The summed E-state index contributed by atoms with van der Waals surface area (Å²) in [6.07, 6.45) is 4.18. The standard InChI is InChI=1S/C20H28N2O8/c23-17(29-27)7-3-1-5-13-21-19(25)15-9-11-16(12-10-15)20(26)22-14-6-2-4-8-18(24)30-28/h9-12,27-28H,1-8,13-14H2,(H,21,25)(H,22,26). The van der Waals surface area contributed by atoms with Crippen LogP contribution in [0.5, 0.6) is 0 Å². The lowest BCUT2D eigenvalue weighted by molar-refractivity contribution is -0.234. The molecule has 0 aliphatic rings. The number of benzene rings is 1. The predicted octanol–water partition coefficient (Wildman–Crippen LogP) is 2.30. The number of carbonyl (C=O) groups is 4. The minimum absolute atomic E-state index is 0.131. The van der Waals surface area contributed by atoms with Gasteiger partial charge >= 0.3 is 11.9 Å². The first-order valence-electron chi connectivity index (χ1n) is 9.83. The molecular formula is C20H28N2O8. The Balaban J connectivity index is 2.23. The molecular weight excluding hydrogens is 396 g/mol. The first kappa shape index (κ1) is 25.1. The summed E-state index contributed by atoms with van der Waals surface area (Å²) >= 11 is 0. The van der Waals surface area contributed by atoms with Crippen molar-refractivity contribution in [2.75, 3.05) is 13.1 Å². The quantitative estimate of drug-likeness (QED) is 0.202. The van der Waals surface area contributed by atoms with Crippen LogP contribution in [0.25, 0.3) is 0 Å². The second kappa shape index (κ2) is 14.9. The maximum Gasteiger partial charge on any atom is 0.342 e. The van der Waals surface area contributed by atoms with E-state index in [0.29, 0.717) is 62.7 Å². The molecule has 10 nitrogen and oxygen atoms in total. The van der Waals surface area contributed by atoms with Crippen LogP contribution in [0.4, 0.5) is 0 Å². The molecule has 2 amide bonds. The van der Waals surface area contributed by atoms with Gasteiger partial charge in [0.1, 0.15) is 0 Å². The highest BCUT2D eigenvalue weighted by molar-refractivity contribution is 5.97. The van der Waals surface area contributed by atoms with Gasteiger partial charge in [-0.2, -0.15) is 10.5 Å². The van der Waals surface area contributed by atoms with Gasteiger partial charge in [-0.25, -0.2) is 9.59 Å². The van der Waals surface area contributed by atoms with Crippen LogP contribution in [-0.2, 0) is 19.4 Å². The maximum atomic E-state index is 12.1. The summed E-state index contributed by atoms with van der Waals surface area (Å²) in [7, 11) is 0. The number of nitrogens with one attached hydrogen (secondary N) is 2. The minimum Gasteiger partial charge on any atom is -0.352 e. The monoisotopic (exact) mass is 424 g/mol. The fourth-order valence-corrected chi connectivity index (χ4v) is 2.61. The minimum atomic E-state index is -0.673. The van der Waals surface area contributed by atoms with Crippen molar-refractivity contribution in [2.24, 2.45) is 0 Å². The van der Waals surface area contributed by atoms with Crippen molar-refractivity contribution in [1.82, 2.24) is 10.6 Å². The predicted molar refractivity (Wildman–Crippen MR) is 105 cm³/mol. The van der Waals surface area contributed by atoms with Gasteiger partial charge in [0.05, 0.1) is 0 Å². The van der Waals surface area contributed by atoms with Crippen LogP contribution in [-0.4, -0.2) is 47.4 Å². The Morgan fingerprint density at radius 1 is 0.633 bits per heavy atom. The summed E-state index contributed by atoms with van der Waals surface area (Å²) in [6, 6.07) is 6.29. The van der Waals surface area contributed by atoms with E-state index in [-0.39, 0.29) is 24.7 Å². The average Bonchev–Trinajstić information content (AvgIpc) is 2.77. The molecule has 0 heterocycles. The molecule has 30 heavy (non-hydrogen) atoms. The summed E-state index contributed by atoms with van der Waals surface area (Å²) in [6.45, 7) is 0.899. The summed E-state index contributed by atoms with van der Waals surface area (Å²) in [4.78, 5) is 52.8. The van der Waals surface area contributed by atoms with Gasteiger partial charge in [-0.05, 0) is 49.9 Å². The van der Waals surface area contributed by atoms with Crippen molar-refractivity contribution in [3.8, 4) is 0 Å².